The lowest BCUT2D eigenvalue weighted by Crippen LogP contribution is -2.39. The Kier molecular flexibility index (Phi) is 6.35. The first-order valence-corrected chi connectivity index (χ1v) is 7.74. The highest BCUT2D eigenvalue weighted by atomic mass is 35.5. The van der Waals surface area contributed by atoms with E-state index in [2.05, 4.69) is 15.3 Å². The van der Waals surface area contributed by atoms with E-state index in [1.165, 1.54) is 6.07 Å². The van der Waals surface area contributed by atoms with Crippen molar-refractivity contribution in [2.45, 2.75) is 13.0 Å². The Bertz CT molecular complexity index is 641. The van der Waals surface area contributed by atoms with Gasteiger partial charge in [-0.3, -0.25) is 9.98 Å². The Labute approximate surface area is 141 Å². The quantitative estimate of drug-likeness (QED) is 0.674. The van der Waals surface area contributed by atoms with Crippen LogP contribution in [0.25, 0.3) is 0 Å². The lowest BCUT2D eigenvalue weighted by Gasteiger charge is -2.22. The lowest BCUT2D eigenvalue weighted by atomic mass is 10.2. The van der Waals surface area contributed by atoms with E-state index in [4.69, 9.17) is 11.6 Å². The standard InChI is InChI=1S/C17H20ClFN4/c1-20-17(22-11-9-13-6-3-4-10-21-13)23(2)12-14-15(18)7-5-8-16(14)19/h3-8,10H,9,11-12H2,1-2H3,(H,20,22). The number of pyridine rings is 1. The highest BCUT2D eigenvalue weighted by Gasteiger charge is 2.12. The van der Waals surface area contributed by atoms with Crippen LogP contribution in [0.3, 0.4) is 0 Å². The van der Waals surface area contributed by atoms with Crippen LogP contribution in [-0.4, -0.2) is 36.5 Å². The van der Waals surface area contributed by atoms with Gasteiger partial charge in [-0.25, -0.2) is 4.39 Å². The smallest absolute Gasteiger partial charge is 0.193 e. The first-order chi connectivity index (χ1) is 11.1. The second-order valence-electron chi connectivity index (χ2n) is 5.10. The zero-order valence-electron chi connectivity index (χ0n) is 13.3. The number of hydrogen-bond acceptors (Lipinski definition) is 2. The third-order valence-corrected chi connectivity index (χ3v) is 3.77. The molecule has 0 saturated heterocycles. The number of nitrogens with zero attached hydrogens (tertiary/aromatic N) is 3. The van der Waals surface area contributed by atoms with Gasteiger partial charge >= 0.3 is 0 Å². The summed E-state index contributed by atoms with van der Waals surface area (Å²) in [6.45, 7) is 1.04. The van der Waals surface area contributed by atoms with Crippen LogP contribution in [0.2, 0.25) is 5.02 Å². The van der Waals surface area contributed by atoms with Gasteiger partial charge < -0.3 is 10.2 Å². The second-order valence-corrected chi connectivity index (χ2v) is 5.51. The molecule has 0 aliphatic heterocycles. The number of guanidine groups is 1. The number of benzene rings is 1. The van der Waals surface area contributed by atoms with Crippen LogP contribution < -0.4 is 5.32 Å². The van der Waals surface area contributed by atoms with Gasteiger partial charge in [0.2, 0.25) is 0 Å². The van der Waals surface area contributed by atoms with Crippen LogP contribution in [0, 0.1) is 5.82 Å². The molecule has 0 spiro atoms. The van der Waals surface area contributed by atoms with E-state index in [-0.39, 0.29) is 5.82 Å². The topological polar surface area (TPSA) is 40.5 Å². The van der Waals surface area contributed by atoms with Crippen LogP contribution in [0.1, 0.15) is 11.3 Å². The molecule has 0 unspecified atom stereocenters. The number of nitrogens with one attached hydrogen (secondary N) is 1. The molecular weight excluding hydrogens is 315 g/mol. The number of rotatable bonds is 5. The monoisotopic (exact) mass is 334 g/mol. The van der Waals surface area contributed by atoms with Crippen LogP contribution in [0.5, 0.6) is 0 Å². The molecule has 0 radical (unpaired) electrons. The maximum atomic E-state index is 13.9. The molecule has 0 atom stereocenters. The Balaban J connectivity index is 1.92. The van der Waals surface area contributed by atoms with Crippen molar-refractivity contribution >= 4 is 17.6 Å². The Hall–Kier alpha value is -2.14. The summed E-state index contributed by atoms with van der Waals surface area (Å²) in [5, 5.41) is 3.66. The molecule has 2 rings (SSSR count). The zero-order valence-corrected chi connectivity index (χ0v) is 14.0. The number of aromatic nitrogens is 1. The summed E-state index contributed by atoms with van der Waals surface area (Å²) >= 11 is 6.07. The fourth-order valence-electron chi connectivity index (χ4n) is 2.23. The number of halogens is 2. The summed E-state index contributed by atoms with van der Waals surface area (Å²) in [6, 6.07) is 10.5. The minimum Gasteiger partial charge on any atom is -0.356 e. The first kappa shape index (κ1) is 17.2. The molecule has 0 amide bonds. The summed E-state index contributed by atoms with van der Waals surface area (Å²) in [4.78, 5) is 10.3. The molecule has 1 N–H and O–H groups in total. The molecule has 0 bridgehead atoms. The van der Waals surface area contributed by atoms with Gasteiger partial charge in [0.15, 0.2) is 5.96 Å². The van der Waals surface area contributed by atoms with E-state index < -0.39 is 0 Å². The summed E-state index contributed by atoms with van der Waals surface area (Å²) in [5.74, 6) is 0.369. The lowest BCUT2D eigenvalue weighted by molar-refractivity contribution is 0.461. The molecule has 0 fully saturated rings. The van der Waals surface area contributed by atoms with Crippen LogP contribution in [0.15, 0.2) is 47.6 Å². The van der Waals surface area contributed by atoms with Crippen molar-refractivity contribution in [1.82, 2.24) is 15.2 Å². The molecule has 0 aliphatic carbocycles. The van der Waals surface area contributed by atoms with E-state index in [9.17, 15) is 4.39 Å². The molecule has 0 saturated carbocycles. The van der Waals surface area contributed by atoms with Gasteiger partial charge in [-0.1, -0.05) is 23.7 Å². The molecule has 122 valence electrons. The second kappa shape index (κ2) is 8.48. The van der Waals surface area contributed by atoms with Gasteiger partial charge in [0, 0.05) is 56.1 Å². The van der Waals surface area contributed by atoms with E-state index >= 15 is 0 Å². The van der Waals surface area contributed by atoms with Crippen molar-refractivity contribution < 1.29 is 4.39 Å². The third kappa shape index (κ3) is 4.93. The van der Waals surface area contributed by atoms with Crippen molar-refractivity contribution in [2.24, 2.45) is 4.99 Å². The van der Waals surface area contributed by atoms with Crippen LogP contribution in [0.4, 0.5) is 4.39 Å². The van der Waals surface area contributed by atoms with Crippen LogP contribution in [-0.2, 0) is 13.0 Å². The van der Waals surface area contributed by atoms with Crippen LogP contribution >= 0.6 is 11.6 Å². The third-order valence-electron chi connectivity index (χ3n) is 3.42. The normalized spacial score (nSPS) is 11.4. The SMILES string of the molecule is CN=C(NCCc1ccccn1)N(C)Cc1c(F)cccc1Cl. The van der Waals surface area contributed by atoms with E-state index in [0.717, 1.165) is 12.1 Å². The maximum absolute atomic E-state index is 13.9. The highest BCUT2D eigenvalue weighted by Crippen LogP contribution is 2.20. The van der Waals surface area contributed by atoms with E-state index in [0.29, 0.717) is 29.6 Å². The fraction of sp³-hybridized carbons (Fsp3) is 0.294. The van der Waals surface area contributed by atoms with Crippen molar-refractivity contribution in [2.75, 3.05) is 20.6 Å². The molecule has 1 aromatic carbocycles. The summed E-state index contributed by atoms with van der Waals surface area (Å²) in [6.07, 6.45) is 2.56. The Morgan fingerprint density at radius 3 is 2.78 bits per heavy atom. The fourth-order valence-corrected chi connectivity index (χ4v) is 2.45. The van der Waals surface area contributed by atoms with Gasteiger partial charge in [0.1, 0.15) is 5.82 Å². The largest absolute Gasteiger partial charge is 0.356 e. The Morgan fingerprint density at radius 1 is 1.30 bits per heavy atom. The summed E-state index contributed by atoms with van der Waals surface area (Å²) in [5.41, 5.74) is 1.47. The number of aliphatic imine (C=N–C) groups is 1. The molecule has 4 nitrogen and oxygen atoms in total. The van der Waals surface area contributed by atoms with Gasteiger partial charge in [0.05, 0.1) is 0 Å². The molecular formula is C17H20ClFN4. The predicted octanol–water partition coefficient (Wildman–Crippen LogP) is 3.12. The molecule has 1 aromatic heterocycles. The van der Waals surface area contributed by atoms with Crippen molar-refractivity contribution in [3.8, 4) is 0 Å². The Morgan fingerprint density at radius 2 is 2.13 bits per heavy atom. The van der Waals surface area contributed by atoms with Crippen molar-refractivity contribution in [3.05, 3.63) is 64.7 Å². The summed E-state index contributed by atoms with van der Waals surface area (Å²) < 4.78 is 13.9. The average molecular weight is 335 g/mol. The predicted molar refractivity (Wildman–Crippen MR) is 92.2 cm³/mol. The van der Waals surface area contributed by atoms with Gasteiger partial charge in [-0.05, 0) is 24.3 Å². The van der Waals surface area contributed by atoms with Gasteiger partial charge in [-0.15, -0.1) is 0 Å². The minimum atomic E-state index is -0.312. The summed E-state index contributed by atoms with van der Waals surface area (Å²) in [7, 11) is 3.54. The van der Waals surface area contributed by atoms with Crippen molar-refractivity contribution in [3.63, 3.8) is 0 Å². The molecule has 6 heteroatoms. The zero-order chi connectivity index (χ0) is 16.7. The number of hydrogen-bond donors (Lipinski definition) is 1. The van der Waals surface area contributed by atoms with E-state index in [1.54, 1.807) is 25.4 Å². The van der Waals surface area contributed by atoms with Crippen molar-refractivity contribution in [1.29, 1.82) is 0 Å². The van der Waals surface area contributed by atoms with E-state index in [1.807, 2.05) is 30.1 Å². The molecule has 23 heavy (non-hydrogen) atoms. The van der Waals surface area contributed by atoms with Gasteiger partial charge in [-0.2, -0.15) is 0 Å². The average Bonchev–Trinajstić information content (AvgIpc) is 2.56. The molecule has 0 aliphatic rings. The van der Waals surface area contributed by atoms with Gasteiger partial charge in [0.25, 0.3) is 0 Å². The molecule has 1 heterocycles. The maximum Gasteiger partial charge on any atom is 0.193 e. The molecule has 2 aromatic rings. The highest BCUT2D eigenvalue weighted by molar-refractivity contribution is 6.31. The first-order valence-electron chi connectivity index (χ1n) is 7.36. The minimum absolute atomic E-state index is 0.312.